The van der Waals surface area contributed by atoms with Crippen molar-refractivity contribution in [3.8, 4) is 0 Å². The van der Waals surface area contributed by atoms with Crippen LogP contribution in [0.5, 0.6) is 0 Å². The fourth-order valence-corrected chi connectivity index (χ4v) is 5.67. The zero-order valence-corrected chi connectivity index (χ0v) is 20.8. The number of nitrogens with one attached hydrogen (secondary N) is 1. The first kappa shape index (κ1) is 24.2. The second-order valence-corrected chi connectivity index (χ2v) is 11.0. The van der Waals surface area contributed by atoms with Crippen LogP contribution >= 0.6 is 15.9 Å². The number of pyridine rings is 1. The first-order valence-electron chi connectivity index (χ1n) is 11.1. The van der Waals surface area contributed by atoms with Crippen LogP contribution in [0.4, 0.5) is 23.4 Å². The second kappa shape index (κ2) is 7.49. The number of rotatable bonds is 6. The van der Waals surface area contributed by atoms with Crippen LogP contribution < -0.4 is 10.9 Å². The molecule has 2 aromatic heterocycles. The zero-order chi connectivity index (χ0) is 25.6. The molecule has 3 aliphatic carbocycles. The van der Waals surface area contributed by atoms with Gasteiger partial charge >= 0.3 is 5.92 Å². The normalized spacial score (nSPS) is 24.6. The van der Waals surface area contributed by atoms with Crippen LogP contribution in [0.1, 0.15) is 57.2 Å². The van der Waals surface area contributed by atoms with Gasteiger partial charge < -0.3 is 15.0 Å². The van der Waals surface area contributed by atoms with E-state index >= 15 is 4.39 Å². The molecule has 2 N–H and O–H groups in total. The molecular formula is C24H23BrF4N4O2. The molecule has 0 unspecified atom stereocenters. The Labute approximate surface area is 206 Å². The highest BCUT2D eigenvalue weighted by atomic mass is 79.9. The molecule has 11 heteroatoms. The molecule has 0 amide bonds. The summed E-state index contributed by atoms with van der Waals surface area (Å²) in [7, 11) is 0. The van der Waals surface area contributed by atoms with Crippen molar-refractivity contribution in [2.75, 3.05) is 5.32 Å². The Morgan fingerprint density at radius 3 is 2.49 bits per heavy atom. The van der Waals surface area contributed by atoms with Gasteiger partial charge in [0.1, 0.15) is 33.7 Å². The van der Waals surface area contributed by atoms with Crippen molar-refractivity contribution in [1.82, 2.24) is 14.5 Å². The van der Waals surface area contributed by atoms with Crippen molar-refractivity contribution in [2.45, 2.75) is 68.8 Å². The molecule has 2 bridgehead atoms. The monoisotopic (exact) mass is 554 g/mol. The number of hydrogen-bond donors (Lipinski definition) is 2. The number of fused-ring (bicyclic) bond motifs is 1. The van der Waals surface area contributed by atoms with Crippen molar-refractivity contribution in [1.29, 1.82) is 0 Å². The molecule has 3 saturated carbocycles. The fraction of sp³-hybridized carbons (Fsp3) is 0.458. The number of nitrogens with zero attached hydrogens (tertiary/aromatic N) is 3. The first-order chi connectivity index (χ1) is 16.2. The molecule has 0 saturated heterocycles. The number of aliphatic hydroxyl groups is 1. The summed E-state index contributed by atoms with van der Waals surface area (Å²) < 4.78 is 60.5. The molecule has 3 aliphatic rings. The first-order valence-corrected chi connectivity index (χ1v) is 11.9. The predicted molar refractivity (Wildman–Crippen MR) is 126 cm³/mol. The molecule has 3 fully saturated rings. The molecule has 0 aliphatic heterocycles. The lowest BCUT2D eigenvalue weighted by Gasteiger charge is -2.66. The fourth-order valence-electron chi connectivity index (χ4n) is 5.16. The lowest BCUT2D eigenvalue weighted by molar-refractivity contribution is -0.199. The average molecular weight is 555 g/mol. The van der Waals surface area contributed by atoms with Gasteiger partial charge in [-0.3, -0.25) is 4.79 Å². The van der Waals surface area contributed by atoms with Gasteiger partial charge in [-0.2, -0.15) is 8.78 Å². The molecular weight excluding hydrogens is 532 g/mol. The van der Waals surface area contributed by atoms with Crippen molar-refractivity contribution < 1.29 is 22.7 Å². The van der Waals surface area contributed by atoms with Gasteiger partial charge in [0.05, 0.1) is 28.0 Å². The number of halogens is 5. The number of alkyl halides is 3. The lowest BCUT2D eigenvalue weighted by atomic mass is 9.47. The Bertz CT molecular complexity index is 1400. The van der Waals surface area contributed by atoms with Crippen molar-refractivity contribution >= 4 is 32.7 Å². The van der Waals surface area contributed by atoms with E-state index in [1.807, 2.05) is 0 Å². The van der Waals surface area contributed by atoms with Crippen molar-refractivity contribution in [2.24, 2.45) is 0 Å². The number of anilines is 1. The van der Waals surface area contributed by atoms with Crippen LogP contribution in [0, 0.1) is 5.82 Å². The van der Waals surface area contributed by atoms with E-state index in [0.29, 0.717) is 10.9 Å². The number of benzene rings is 1. The maximum Gasteiger partial charge on any atom is 0.303 e. The molecule has 6 nitrogen and oxygen atoms in total. The minimum Gasteiger partial charge on any atom is -0.384 e. The van der Waals surface area contributed by atoms with Gasteiger partial charge in [0.25, 0.3) is 5.56 Å². The van der Waals surface area contributed by atoms with Crippen LogP contribution in [0.3, 0.4) is 0 Å². The van der Waals surface area contributed by atoms with E-state index in [0.717, 1.165) is 19.9 Å². The molecule has 0 spiro atoms. The minimum atomic E-state index is -3.83. The van der Waals surface area contributed by atoms with E-state index in [2.05, 4.69) is 31.2 Å². The second-order valence-electron chi connectivity index (χ2n) is 10.2. The summed E-state index contributed by atoms with van der Waals surface area (Å²) >= 11 is 3.30. The molecule has 2 heterocycles. The summed E-state index contributed by atoms with van der Waals surface area (Å²) in [6.07, 6.45) is 3.60. The van der Waals surface area contributed by atoms with E-state index in [9.17, 15) is 23.1 Å². The van der Waals surface area contributed by atoms with E-state index in [-0.39, 0.29) is 40.7 Å². The van der Waals surface area contributed by atoms with Crippen LogP contribution in [-0.4, -0.2) is 30.9 Å². The topological polar surface area (TPSA) is 80.0 Å². The number of hydrogen-bond acceptors (Lipinski definition) is 5. The Hall–Kier alpha value is -2.53. The maximum atomic E-state index is 15.2. The smallest absolute Gasteiger partial charge is 0.303 e. The van der Waals surface area contributed by atoms with Crippen LogP contribution in [0.2, 0.25) is 0 Å². The Morgan fingerprint density at radius 2 is 1.89 bits per heavy atom. The van der Waals surface area contributed by atoms with Gasteiger partial charge in [0, 0.05) is 31.0 Å². The van der Waals surface area contributed by atoms with Gasteiger partial charge in [-0.1, -0.05) is 12.1 Å². The molecule has 0 radical (unpaired) electrons. The van der Waals surface area contributed by atoms with Crippen molar-refractivity contribution in [3.63, 3.8) is 0 Å². The standard InChI is InChI=1S/C24H23BrF4N4O2/c1-12(13-5-4-6-15(17(13)26)24(28,29)21(2,3)35)32-19-14-7-33(23-8-22(27,9-23)10-23)20(34)16(25)18(14)30-11-31-19/h4-7,11-12,35H,8-10H2,1-3H3,(H,30,31,32)/t12-,22?,23?/m1/s1. The van der Waals surface area contributed by atoms with Gasteiger partial charge in [0.2, 0.25) is 0 Å². The Kier molecular flexibility index (Phi) is 5.17. The molecule has 35 heavy (non-hydrogen) atoms. The minimum absolute atomic E-state index is 0.0515. The highest BCUT2D eigenvalue weighted by Gasteiger charge is 2.70. The predicted octanol–water partition coefficient (Wildman–Crippen LogP) is 5.33. The Balaban J connectivity index is 1.54. The summed E-state index contributed by atoms with van der Waals surface area (Å²) in [5.74, 6) is -4.71. The SMILES string of the molecule is C[C@@H](Nc1ncnc2c(Br)c(=O)n(C34CC(F)(C3)C4)cc12)c1cccc(C(F)(F)C(C)(C)O)c1F. The molecule has 186 valence electrons. The lowest BCUT2D eigenvalue weighted by Crippen LogP contribution is -2.71. The van der Waals surface area contributed by atoms with Gasteiger partial charge in [-0.05, 0) is 42.8 Å². The third-order valence-electron chi connectivity index (χ3n) is 7.16. The number of aromatic nitrogens is 3. The molecule has 3 aromatic rings. The summed E-state index contributed by atoms with van der Waals surface area (Å²) in [5.41, 5.74) is -5.23. The van der Waals surface area contributed by atoms with Crippen LogP contribution in [-0.2, 0) is 11.5 Å². The maximum absolute atomic E-state index is 15.2. The Morgan fingerprint density at radius 1 is 1.23 bits per heavy atom. The largest absolute Gasteiger partial charge is 0.384 e. The summed E-state index contributed by atoms with van der Waals surface area (Å²) in [4.78, 5) is 21.3. The highest BCUT2D eigenvalue weighted by molar-refractivity contribution is 9.10. The summed E-state index contributed by atoms with van der Waals surface area (Å²) in [5, 5.41) is 13.4. The van der Waals surface area contributed by atoms with E-state index in [4.69, 9.17) is 0 Å². The summed E-state index contributed by atoms with van der Waals surface area (Å²) in [6, 6.07) is 2.80. The molecule has 6 rings (SSSR count). The summed E-state index contributed by atoms with van der Waals surface area (Å²) in [6.45, 7) is 3.42. The van der Waals surface area contributed by atoms with E-state index in [1.165, 1.54) is 23.0 Å². The zero-order valence-electron chi connectivity index (χ0n) is 19.2. The van der Waals surface area contributed by atoms with Gasteiger partial charge in [-0.15, -0.1) is 0 Å². The third-order valence-corrected chi connectivity index (χ3v) is 7.87. The third kappa shape index (κ3) is 3.49. The van der Waals surface area contributed by atoms with E-state index < -0.39 is 40.2 Å². The van der Waals surface area contributed by atoms with Crippen molar-refractivity contribution in [3.05, 3.63) is 62.5 Å². The van der Waals surface area contributed by atoms with E-state index in [1.54, 1.807) is 13.1 Å². The highest BCUT2D eigenvalue weighted by Crippen LogP contribution is 2.67. The molecule has 1 atom stereocenters. The van der Waals surface area contributed by atoms with Gasteiger partial charge in [-0.25, -0.2) is 18.7 Å². The average Bonchev–Trinajstić information content (AvgIpc) is 2.73. The van der Waals surface area contributed by atoms with Crippen LogP contribution in [0.25, 0.3) is 10.9 Å². The van der Waals surface area contributed by atoms with Gasteiger partial charge in [0.15, 0.2) is 0 Å². The molecule has 1 aromatic carbocycles. The van der Waals surface area contributed by atoms with Crippen LogP contribution in [0.15, 0.2) is 40.0 Å². The quantitative estimate of drug-likeness (QED) is 0.402.